The van der Waals surface area contributed by atoms with Crippen LogP contribution < -0.4 is 4.74 Å². The lowest BCUT2D eigenvalue weighted by Gasteiger charge is -2.15. The van der Waals surface area contributed by atoms with Crippen molar-refractivity contribution in [2.24, 2.45) is 0 Å². The van der Waals surface area contributed by atoms with E-state index >= 15 is 0 Å². The van der Waals surface area contributed by atoms with Crippen LogP contribution in [0.25, 0.3) is 0 Å². The SMILES string of the molecule is COC(=O)c1c(C)cc(OC(C)=O)c(C)c1C(=O)OC. The molecule has 0 spiro atoms. The van der Waals surface area contributed by atoms with Gasteiger partial charge in [-0.25, -0.2) is 9.59 Å². The number of hydrogen-bond acceptors (Lipinski definition) is 6. The predicted octanol–water partition coefficient (Wildman–Crippen LogP) is 1.80. The van der Waals surface area contributed by atoms with Gasteiger partial charge in [-0.15, -0.1) is 0 Å². The van der Waals surface area contributed by atoms with E-state index in [1.165, 1.54) is 27.2 Å². The number of hydrogen-bond donors (Lipinski definition) is 0. The molecule has 0 N–H and O–H groups in total. The Morgan fingerprint density at radius 2 is 1.45 bits per heavy atom. The zero-order valence-electron chi connectivity index (χ0n) is 12.0. The highest BCUT2D eigenvalue weighted by Crippen LogP contribution is 2.29. The summed E-state index contributed by atoms with van der Waals surface area (Å²) in [6, 6.07) is 1.51. The molecule has 6 heteroatoms. The number of ether oxygens (including phenoxy) is 3. The fourth-order valence-electron chi connectivity index (χ4n) is 1.87. The molecule has 0 bridgehead atoms. The van der Waals surface area contributed by atoms with E-state index in [1.54, 1.807) is 13.8 Å². The van der Waals surface area contributed by atoms with Crippen molar-refractivity contribution in [1.29, 1.82) is 0 Å². The smallest absolute Gasteiger partial charge is 0.339 e. The molecule has 108 valence electrons. The van der Waals surface area contributed by atoms with E-state index < -0.39 is 17.9 Å². The molecule has 0 saturated heterocycles. The fourth-order valence-corrected chi connectivity index (χ4v) is 1.87. The van der Waals surface area contributed by atoms with Gasteiger partial charge in [0.15, 0.2) is 0 Å². The lowest BCUT2D eigenvalue weighted by atomic mass is 9.96. The maximum absolute atomic E-state index is 11.9. The zero-order chi connectivity index (χ0) is 15.4. The molecule has 0 saturated carbocycles. The fraction of sp³-hybridized carbons (Fsp3) is 0.357. The molecule has 6 nitrogen and oxygen atoms in total. The van der Waals surface area contributed by atoms with Gasteiger partial charge in [0.25, 0.3) is 0 Å². The van der Waals surface area contributed by atoms with Gasteiger partial charge in [0.2, 0.25) is 0 Å². The minimum atomic E-state index is -0.694. The largest absolute Gasteiger partial charge is 0.465 e. The van der Waals surface area contributed by atoms with Gasteiger partial charge in [0.05, 0.1) is 25.3 Å². The summed E-state index contributed by atoms with van der Waals surface area (Å²) in [7, 11) is 2.43. The van der Waals surface area contributed by atoms with Gasteiger partial charge in [-0.05, 0) is 25.5 Å². The minimum Gasteiger partial charge on any atom is -0.465 e. The first kappa shape index (κ1) is 15.7. The Morgan fingerprint density at radius 3 is 1.90 bits per heavy atom. The topological polar surface area (TPSA) is 78.9 Å². The van der Waals surface area contributed by atoms with Gasteiger partial charge in [0.1, 0.15) is 5.75 Å². The second-order valence-electron chi connectivity index (χ2n) is 4.14. The number of esters is 3. The molecule has 1 aromatic carbocycles. The van der Waals surface area contributed by atoms with Gasteiger partial charge < -0.3 is 14.2 Å². The molecule has 0 amide bonds. The summed E-state index contributed by atoms with van der Waals surface area (Å²) in [4.78, 5) is 34.8. The Kier molecular flexibility index (Phi) is 4.85. The Morgan fingerprint density at radius 1 is 0.950 bits per heavy atom. The summed E-state index contributed by atoms with van der Waals surface area (Å²) in [5, 5.41) is 0. The highest BCUT2D eigenvalue weighted by molar-refractivity contribution is 6.05. The normalized spacial score (nSPS) is 9.85. The van der Waals surface area contributed by atoms with Crippen molar-refractivity contribution in [1.82, 2.24) is 0 Å². The first-order valence-electron chi connectivity index (χ1n) is 5.82. The molecule has 0 fully saturated rings. The molecule has 0 atom stereocenters. The van der Waals surface area contributed by atoms with Crippen molar-refractivity contribution < 1.29 is 28.6 Å². The van der Waals surface area contributed by atoms with Crippen LogP contribution in [0.1, 0.15) is 38.8 Å². The quantitative estimate of drug-likeness (QED) is 0.620. The molecule has 0 radical (unpaired) electrons. The Bertz CT molecular complexity index is 574. The molecule has 1 aromatic rings. The maximum atomic E-state index is 11.9. The lowest BCUT2D eigenvalue weighted by molar-refractivity contribution is -0.131. The highest BCUT2D eigenvalue weighted by Gasteiger charge is 2.26. The van der Waals surface area contributed by atoms with Crippen LogP contribution in [0.2, 0.25) is 0 Å². The Labute approximate surface area is 116 Å². The zero-order valence-corrected chi connectivity index (χ0v) is 12.0. The number of methoxy groups -OCH3 is 2. The van der Waals surface area contributed by atoms with Crippen LogP contribution in [-0.2, 0) is 14.3 Å². The molecular formula is C14H16O6. The van der Waals surface area contributed by atoms with E-state index in [2.05, 4.69) is 9.47 Å². The molecule has 20 heavy (non-hydrogen) atoms. The van der Waals surface area contributed by atoms with Crippen molar-refractivity contribution in [3.8, 4) is 5.75 Å². The average Bonchev–Trinajstić information content (AvgIpc) is 2.39. The average molecular weight is 280 g/mol. The molecule has 0 unspecified atom stereocenters. The molecule has 1 rings (SSSR count). The van der Waals surface area contributed by atoms with Crippen molar-refractivity contribution in [2.75, 3.05) is 14.2 Å². The minimum absolute atomic E-state index is 0.0376. The standard InChI is InChI=1S/C14H16O6/c1-7-6-10(20-9(3)15)8(2)12(14(17)19-5)11(7)13(16)18-4/h6H,1-5H3. The second kappa shape index (κ2) is 6.18. The summed E-state index contributed by atoms with van der Waals surface area (Å²) in [5.41, 5.74) is 0.945. The highest BCUT2D eigenvalue weighted by atomic mass is 16.5. The van der Waals surface area contributed by atoms with Crippen LogP contribution in [0.5, 0.6) is 5.75 Å². The van der Waals surface area contributed by atoms with Gasteiger partial charge >= 0.3 is 17.9 Å². The van der Waals surface area contributed by atoms with Crippen LogP contribution in [0.15, 0.2) is 6.07 Å². The van der Waals surface area contributed by atoms with Crippen molar-refractivity contribution in [3.05, 3.63) is 28.3 Å². The van der Waals surface area contributed by atoms with Crippen LogP contribution in [0.4, 0.5) is 0 Å². The van der Waals surface area contributed by atoms with Crippen molar-refractivity contribution >= 4 is 17.9 Å². The summed E-state index contributed by atoms with van der Waals surface area (Å²) in [6.45, 7) is 4.43. The first-order chi connectivity index (χ1) is 9.33. The van der Waals surface area contributed by atoms with Crippen LogP contribution in [0.3, 0.4) is 0 Å². The Hall–Kier alpha value is -2.37. The first-order valence-corrected chi connectivity index (χ1v) is 5.82. The Balaban J connectivity index is 3.61. The number of rotatable bonds is 3. The van der Waals surface area contributed by atoms with Crippen LogP contribution in [0, 0.1) is 13.8 Å². The second-order valence-corrected chi connectivity index (χ2v) is 4.14. The van der Waals surface area contributed by atoms with Crippen molar-refractivity contribution in [3.63, 3.8) is 0 Å². The predicted molar refractivity (Wildman–Crippen MR) is 69.9 cm³/mol. The lowest BCUT2D eigenvalue weighted by Crippen LogP contribution is -2.17. The summed E-state index contributed by atoms with van der Waals surface area (Å²) in [5.74, 6) is -1.66. The van der Waals surface area contributed by atoms with E-state index in [0.29, 0.717) is 11.1 Å². The van der Waals surface area contributed by atoms with Gasteiger partial charge in [-0.1, -0.05) is 0 Å². The van der Waals surface area contributed by atoms with E-state index in [4.69, 9.17) is 4.74 Å². The van der Waals surface area contributed by atoms with E-state index in [-0.39, 0.29) is 16.9 Å². The van der Waals surface area contributed by atoms with E-state index in [0.717, 1.165) is 0 Å². The summed E-state index contributed by atoms with van der Waals surface area (Å²) in [6.07, 6.45) is 0. The summed E-state index contributed by atoms with van der Waals surface area (Å²) >= 11 is 0. The number of carbonyl (C=O) groups is 3. The van der Waals surface area contributed by atoms with Crippen molar-refractivity contribution in [2.45, 2.75) is 20.8 Å². The molecule has 0 aliphatic rings. The van der Waals surface area contributed by atoms with Gasteiger partial charge in [-0.3, -0.25) is 4.79 Å². The molecule has 0 aliphatic carbocycles. The van der Waals surface area contributed by atoms with Crippen LogP contribution in [-0.4, -0.2) is 32.1 Å². The van der Waals surface area contributed by atoms with E-state index in [9.17, 15) is 14.4 Å². The third kappa shape index (κ3) is 2.96. The third-order valence-electron chi connectivity index (χ3n) is 2.77. The monoisotopic (exact) mass is 280 g/mol. The number of aryl methyl sites for hydroxylation is 1. The van der Waals surface area contributed by atoms with Crippen LogP contribution >= 0.6 is 0 Å². The van der Waals surface area contributed by atoms with E-state index in [1.807, 2.05) is 0 Å². The molecule has 0 aliphatic heterocycles. The molecular weight excluding hydrogens is 264 g/mol. The molecule has 0 aromatic heterocycles. The van der Waals surface area contributed by atoms with Gasteiger partial charge in [-0.2, -0.15) is 0 Å². The third-order valence-corrected chi connectivity index (χ3v) is 2.77. The maximum Gasteiger partial charge on any atom is 0.339 e. The van der Waals surface area contributed by atoms with Gasteiger partial charge in [0, 0.05) is 12.5 Å². The molecule has 0 heterocycles. The summed E-state index contributed by atoms with van der Waals surface area (Å²) < 4.78 is 14.4. The number of carbonyl (C=O) groups excluding carboxylic acids is 3. The number of benzene rings is 1.